The normalized spacial score (nSPS) is 27.2. The Balaban J connectivity index is 1.48. The second kappa shape index (κ2) is 8.25. The first-order valence-electron chi connectivity index (χ1n) is 9.39. The van der Waals surface area contributed by atoms with Gasteiger partial charge in [-0.15, -0.1) is 0 Å². The minimum atomic E-state index is -0.146. The summed E-state index contributed by atoms with van der Waals surface area (Å²) in [5.74, 6) is 1.48. The third kappa shape index (κ3) is 5.29. The molecule has 1 aromatic carbocycles. The SMILES string of the molecule is CC1CC(NCC2CCCCC2)CN(Cc2ccc(F)cc2)C1. The van der Waals surface area contributed by atoms with Crippen molar-refractivity contribution in [2.75, 3.05) is 19.6 Å². The summed E-state index contributed by atoms with van der Waals surface area (Å²) in [6.07, 6.45) is 8.38. The summed E-state index contributed by atoms with van der Waals surface area (Å²) >= 11 is 0. The van der Waals surface area contributed by atoms with Gasteiger partial charge in [0.25, 0.3) is 0 Å². The molecular weight excluding hydrogens is 287 g/mol. The fraction of sp³-hybridized carbons (Fsp3) is 0.700. The molecule has 0 radical (unpaired) electrons. The van der Waals surface area contributed by atoms with E-state index in [1.165, 1.54) is 50.6 Å². The first-order valence-corrected chi connectivity index (χ1v) is 9.39. The van der Waals surface area contributed by atoms with Gasteiger partial charge in [-0.25, -0.2) is 4.39 Å². The molecule has 2 aliphatic rings. The number of hydrogen-bond acceptors (Lipinski definition) is 2. The van der Waals surface area contributed by atoms with Crippen molar-refractivity contribution >= 4 is 0 Å². The fourth-order valence-electron chi connectivity index (χ4n) is 4.31. The third-order valence-electron chi connectivity index (χ3n) is 5.47. The number of nitrogens with zero attached hydrogens (tertiary/aromatic N) is 1. The Bertz CT molecular complexity index is 467. The van der Waals surface area contributed by atoms with Crippen molar-refractivity contribution in [2.24, 2.45) is 11.8 Å². The van der Waals surface area contributed by atoms with Gasteiger partial charge in [0, 0.05) is 25.7 Å². The van der Waals surface area contributed by atoms with E-state index in [0.29, 0.717) is 6.04 Å². The maximum Gasteiger partial charge on any atom is 0.123 e. The Morgan fingerprint density at radius 1 is 1.09 bits per heavy atom. The molecule has 3 heteroatoms. The van der Waals surface area contributed by atoms with E-state index in [1.54, 1.807) is 12.1 Å². The van der Waals surface area contributed by atoms with Gasteiger partial charge in [0.05, 0.1) is 0 Å². The molecule has 2 unspecified atom stereocenters. The third-order valence-corrected chi connectivity index (χ3v) is 5.47. The van der Waals surface area contributed by atoms with Gasteiger partial charge in [-0.3, -0.25) is 4.90 Å². The van der Waals surface area contributed by atoms with Gasteiger partial charge in [0.1, 0.15) is 5.82 Å². The molecule has 128 valence electrons. The number of benzene rings is 1. The molecule has 1 aromatic rings. The van der Waals surface area contributed by atoms with Crippen molar-refractivity contribution < 1.29 is 4.39 Å². The molecule has 0 aromatic heterocycles. The molecule has 0 amide bonds. The molecule has 1 saturated carbocycles. The highest BCUT2D eigenvalue weighted by Gasteiger charge is 2.25. The Kier molecular flexibility index (Phi) is 6.07. The molecule has 1 N–H and O–H groups in total. The smallest absolute Gasteiger partial charge is 0.123 e. The molecule has 1 heterocycles. The van der Waals surface area contributed by atoms with E-state index in [0.717, 1.165) is 31.5 Å². The van der Waals surface area contributed by atoms with Gasteiger partial charge in [-0.1, -0.05) is 38.3 Å². The second-order valence-electron chi connectivity index (χ2n) is 7.77. The molecule has 0 bridgehead atoms. The highest BCUT2D eigenvalue weighted by atomic mass is 19.1. The number of likely N-dealkylation sites (tertiary alicyclic amines) is 1. The number of halogens is 1. The summed E-state index contributed by atoms with van der Waals surface area (Å²) in [5, 5.41) is 3.84. The summed E-state index contributed by atoms with van der Waals surface area (Å²) in [4.78, 5) is 2.53. The summed E-state index contributed by atoms with van der Waals surface area (Å²) in [6.45, 7) is 6.76. The number of nitrogens with one attached hydrogen (secondary N) is 1. The molecule has 1 aliphatic heterocycles. The molecule has 2 fully saturated rings. The van der Waals surface area contributed by atoms with Crippen molar-refractivity contribution in [3.63, 3.8) is 0 Å². The molecule has 0 spiro atoms. The van der Waals surface area contributed by atoms with Crippen molar-refractivity contribution in [3.8, 4) is 0 Å². The zero-order chi connectivity index (χ0) is 16.1. The van der Waals surface area contributed by atoms with Gasteiger partial charge >= 0.3 is 0 Å². The van der Waals surface area contributed by atoms with Crippen LogP contribution in [0.25, 0.3) is 0 Å². The van der Waals surface area contributed by atoms with Crippen LogP contribution < -0.4 is 5.32 Å². The molecule has 1 aliphatic carbocycles. The van der Waals surface area contributed by atoms with Gasteiger partial charge in [0.15, 0.2) is 0 Å². The average molecular weight is 318 g/mol. The lowest BCUT2D eigenvalue weighted by molar-refractivity contribution is 0.138. The minimum absolute atomic E-state index is 0.146. The number of hydrogen-bond donors (Lipinski definition) is 1. The molecule has 1 saturated heterocycles. The summed E-state index contributed by atoms with van der Waals surface area (Å²) in [7, 11) is 0. The zero-order valence-electron chi connectivity index (χ0n) is 14.4. The van der Waals surface area contributed by atoms with E-state index in [2.05, 4.69) is 17.1 Å². The molecule has 23 heavy (non-hydrogen) atoms. The minimum Gasteiger partial charge on any atom is -0.312 e. The van der Waals surface area contributed by atoms with Gasteiger partial charge in [-0.2, -0.15) is 0 Å². The van der Waals surface area contributed by atoms with E-state index in [9.17, 15) is 4.39 Å². The van der Waals surface area contributed by atoms with Crippen molar-refractivity contribution in [1.82, 2.24) is 10.2 Å². The summed E-state index contributed by atoms with van der Waals surface area (Å²) < 4.78 is 13.0. The average Bonchev–Trinajstić information content (AvgIpc) is 2.56. The van der Waals surface area contributed by atoms with Crippen LogP contribution in [-0.4, -0.2) is 30.6 Å². The van der Waals surface area contributed by atoms with E-state index in [-0.39, 0.29) is 5.82 Å². The zero-order valence-corrected chi connectivity index (χ0v) is 14.4. The van der Waals surface area contributed by atoms with Crippen molar-refractivity contribution in [2.45, 2.75) is 58.0 Å². The molecule has 2 atom stereocenters. The van der Waals surface area contributed by atoms with E-state index in [1.807, 2.05) is 12.1 Å². The Labute approximate surface area is 140 Å². The van der Waals surface area contributed by atoms with Crippen LogP contribution in [0.1, 0.15) is 51.0 Å². The number of piperidine rings is 1. The fourth-order valence-corrected chi connectivity index (χ4v) is 4.31. The van der Waals surface area contributed by atoms with Crippen LogP contribution in [-0.2, 0) is 6.54 Å². The number of rotatable bonds is 5. The summed E-state index contributed by atoms with van der Waals surface area (Å²) in [5.41, 5.74) is 1.21. The lowest BCUT2D eigenvalue weighted by Gasteiger charge is -2.38. The van der Waals surface area contributed by atoms with Crippen LogP contribution in [0.5, 0.6) is 0 Å². The van der Waals surface area contributed by atoms with E-state index < -0.39 is 0 Å². The van der Waals surface area contributed by atoms with Crippen LogP contribution >= 0.6 is 0 Å². The summed E-state index contributed by atoms with van der Waals surface area (Å²) in [6, 6.07) is 7.59. The second-order valence-corrected chi connectivity index (χ2v) is 7.77. The lowest BCUT2D eigenvalue weighted by Crippen LogP contribution is -2.49. The van der Waals surface area contributed by atoms with Crippen molar-refractivity contribution in [1.29, 1.82) is 0 Å². The Morgan fingerprint density at radius 3 is 2.57 bits per heavy atom. The van der Waals surface area contributed by atoms with Crippen molar-refractivity contribution in [3.05, 3.63) is 35.6 Å². The Hall–Kier alpha value is -0.930. The largest absolute Gasteiger partial charge is 0.312 e. The van der Waals surface area contributed by atoms with Crippen LogP contribution in [0.3, 0.4) is 0 Å². The maximum atomic E-state index is 13.0. The quantitative estimate of drug-likeness (QED) is 0.875. The van der Waals surface area contributed by atoms with Gasteiger partial charge in [-0.05, 0) is 55.3 Å². The molecule has 3 rings (SSSR count). The van der Waals surface area contributed by atoms with Crippen LogP contribution in [0.15, 0.2) is 24.3 Å². The predicted octanol–water partition coefficient (Wildman–Crippen LogP) is 4.21. The predicted molar refractivity (Wildman–Crippen MR) is 93.8 cm³/mol. The van der Waals surface area contributed by atoms with Crippen LogP contribution in [0, 0.1) is 17.7 Å². The highest BCUT2D eigenvalue weighted by molar-refractivity contribution is 5.16. The first-order chi connectivity index (χ1) is 11.2. The monoisotopic (exact) mass is 318 g/mol. The first kappa shape index (κ1) is 16.9. The lowest BCUT2D eigenvalue weighted by atomic mass is 9.88. The standard InChI is InChI=1S/C20H31FN2/c1-16-11-20(22-12-17-5-3-2-4-6-17)15-23(13-16)14-18-7-9-19(21)10-8-18/h7-10,16-17,20,22H,2-6,11-15H2,1H3. The highest BCUT2D eigenvalue weighted by Crippen LogP contribution is 2.24. The van der Waals surface area contributed by atoms with Gasteiger partial charge < -0.3 is 5.32 Å². The topological polar surface area (TPSA) is 15.3 Å². The molecule has 2 nitrogen and oxygen atoms in total. The van der Waals surface area contributed by atoms with E-state index >= 15 is 0 Å². The molecular formula is C20H31FN2. The van der Waals surface area contributed by atoms with Gasteiger partial charge in [0.2, 0.25) is 0 Å². The Morgan fingerprint density at radius 2 is 1.83 bits per heavy atom. The van der Waals surface area contributed by atoms with Crippen LogP contribution in [0.2, 0.25) is 0 Å². The van der Waals surface area contributed by atoms with Crippen LogP contribution in [0.4, 0.5) is 4.39 Å². The maximum absolute atomic E-state index is 13.0. The van der Waals surface area contributed by atoms with E-state index in [4.69, 9.17) is 0 Å².